The van der Waals surface area contributed by atoms with E-state index in [1.54, 1.807) is 25.7 Å². The summed E-state index contributed by atoms with van der Waals surface area (Å²) in [5, 5.41) is 0. The van der Waals surface area contributed by atoms with Gasteiger partial charge in [-0.25, -0.2) is 0 Å². The lowest BCUT2D eigenvalue weighted by molar-refractivity contribution is 0.407. The maximum absolute atomic E-state index is 5.44. The summed E-state index contributed by atoms with van der Waals surface area (Å²) in [4.78, 5) is 8.23. The predicted molar refractivity (Wildman–Crippen MR) is 78.0 cm³/mol. The standard InChI is InChI=1S/C16H18N2O/c1-12(2)15-7-5-13(10-16(15)19-3)4-6-14-11-17-8-9-18-14/h4-12H,1-3H3/b6-4+. The molecule has 0 amide bonds. The van der Waals surface area contributed by atoms with Crippen molar-refractivity contribution >= 4 is 12.2 Å². The molecule has 0 aliphatic heterocycles. The highest BCUT2D eigenvalue weighted by Crippen LogP contribution is 2.27. The summed E-state index contributed by atoms with van der Waals surface area (Å²) in [5.41, 5.74) is 3.15. The summed E-state index contributed by atoms with van der Waals surface area (Å²) in [5.74, 6) is 1.38. The van der Waals surface area contributed by atoms with Gasteiger partial charge >= 0.3 is 0 Å². The average Bonchev–Trinajstić information content (AvgIpc) is 2.45. The summed E-state index contributed by atoms with van der Waals surface area (Å²) in [7, 11) is 1.71. The molecule has 0 N–H and O–H groups in total. The van der Waals surface area contributed by atoms with Gasteiger partial charge in [-0.05, 0) is 29.2 Å². The first-order valence-corrected chi connectivity index (χ1v) is 6.32. The van der Waals surface area contributed by atoms with Crippen molar-refractivity contribution in [2.75, 3.05) is 7.11 Å². The quantitative estimate of drug-likeness (QED) is 0.832. The Labute approximate surface area is 114 Å². The van der Waals surface area contributed by atoms with E-state index in [2.05, 4.69) is 35.9 Å². The molecular formula is C16H18N2O. The highest BCUT2D eigenvalue weighted by molar-refractivity contribution is 5.68. The third-order valence-electron chi connectivity index (χ3n) is 2.91. The zero-order valence-corrected chi connectivity index (χ0v) is 11.5. The van der Waals surface area contributed by atoms with Crippen LogP contribution in [-0.2, 0) is 0 Å². The maximum atomic E-state index is 5.44. The molecule has 1 aromatic heterocycles. The van der Waals surface area contributed by atoms with Gasteiger partial charge in [-0.1, -0.05) is 32.1 Å². The van der Waals surface area contributed by atoms with Crippen molar-refractivity contribution in [3.8, 4) is 5.75 Å². The van der Waals surface area contributed by atoms with Gasteiger partial charge in [0.2, 0.25) is 0 Å². The fourth-order valence-corrected chi connectivity index (χ4v) is 1.89. The molecule has 2 rings (SSSR count). The molecule has 0 aliphatic rings. The van der Waals surface area contributed by atoms with E-state index < -0.39 is 0 Å². The minimum absolute atomic E-state index is 0.452. The van der Waals surface area contributed by atoms with Gasteiger partial charge in [-0.2, -0.15) is 0 Å². The SMILES string of the molecule is COc1cc(/C=C/c2cnccn2)ccc1C(C)C. The first-order chi connectivity index (χ1) is 9.20. The molecule has 0 saturated carbocycles. The van der Waals surface area contributed by atoms with Gasteiger partial charge in [-0.3, -0.25) is 9.97 Å². The van der Waals surface area contributed by atoms with E-state index in [-0.39, 0.29) is 0 Å². The molecule has 0 spiro atoms. The Morgan fingerprint density at radius 3 is 2.63 bits per heavy atom. The minimum Gasteiger partial charge on any atom is -0.496 e. The number of hydrogen-bond donors (Lipinski definition) is 0. The van der Waals surface area contributed by atoms with Gasteiger partial charge in [0.15, 0.2) is 0 Å². The van der Waals surface area contributed by atoms with Crippen molar-refractivity contribution < 1.29 is 4.74 Å². The number of benzene rings is 1. The Morgan fingerprint density at radius 2 is 2.00 bits per heavy atom. The van der Waals surface area contributed by atoms with Crippen molar-refractivity contribution in [3.05, 3.63) is 53.6 Å². The van der Waals surface area contributed by atoms with E-state index in [4.69, 9.17) is 4.74 Å². The molecule has 0 radical (unpaired) electrons. The second kappa shape index (κ2) is 6.14. The van der Waals surface area contributed by atoms with Crippen LogP contribution < -0.4 is 4.74 Å². The molecular weight excluding hydrogens is 236 g/mol. The molecule has 98 valence electrons. The maximum Gasteiger partial charge on any atom is 0.122 e. The fraction of sp³-hybridized carbons (Fsp3) is 0.250. The molecule has 0 aliphatic carbocycles. The summed E-state index contributed by atoms with van der Waals surface area (Å²) in [6.07, 6.45) is 9.03. The van der Waals surface area contributed by atoms with Crippen LogP contribution in [0, 0.1) is 0 Å². The van der Waals surface area contributed by atoms with Crippen LogP contribution >= 0.6 is 0 Å². The number of nitrogens with zero attached hydrogens (tertiary/aromatic N) is 2. The number of hydrogen-bond acceptors (Lipinski definition) is 3. The van der Waals surface area contributed by atoms with E-state index in [0.717, 1.165) is 17.0 Å². The summed E-state index contributed by atoms with van der Waals surface area (Å²) < 4.78 is 5.44. The van der Waals surface area contributed by atoms with Gasteiger partial charge in [0.25, 0.3) is 0 Å². The third-order valence-corrected chi connectivity index (χ3v) is 2.91. The summed E-state index contributed by atoms with van der Waals surface area (Å²) in [6, 6.07) is 6.24. The van der Waals surface area contributed by atoms with Crippen LogP contribution in [0.2, 0.25) is 0 Å². The van der Waals surface area contributed by atoms with Crippen molar-refractivity contribution in [3.63, 3.8) is 0 Å². The molecule has 0 unspecified atom stereocenters. The molecule has 0 saturated heterocycles. The second-order valence-electron chi connectivity index (χ2n) is 4.62. The zero-order chi connectivity index (χ0) is 13.7. The number of aromatic nitrogens is 2. The van der Waals surface area contributed by atoms with Gasteiger partial charge in [0.05, 0.1) is 19.0 Å². The smallest absolute Gasteiger partial charge is 0.122 e. The topological polar surface area (TPSA) is 35.0 Å². The molecule has 0 bridgehead atoms. The van der Waals surface area contributed by atoms with E-state index in [1.165, 1.54) is 5.56 Å². The van der Waals surface area contributed by atoms with Crippen molar-refractivity contribution in [2.24, 2.45) is 0 Å². The normalized spacial score (nSPS) is 11.2. The summed E-state index contributed by atoms with van der Waals surface area (Å²) in [6.45, 7) is 4.32. The van der Waals surface area contributed by atoms with Gasteiger partial charge in [-0.15, -0.1) is 0 Å². The minimum atomic E-state index is 0.452. The second-order valence-corrected chi connectivity index (χ2v) is 4.62. The van der Waals surface area contributed by atoms with Gasteiger partial charge in [0, 0.05) is 12.4 Å². The van der Waals surface area contributed by atoms with E-state index in [1.807, 2.05) is 18.2 Å². The van der Waals surface area contributed by atoms with Crippen molar-refractivity contribution in [1.82, 2.24) is 9.97 Å². The fourth-order valence-electron chi connectivity index (χ4n) is 1.89. The molecule has 1 heterocycles. The van der Waals surface area contributed by atoms with Crippen LogP contribution in [0.15, 0.2) is 36.8 Å². The average molecular weight is 254 g/mol. The number of methoxy groups -OCH3 is 1. The predicted octanol–water partition coefficient (Wildman–Crippen LogP) is 3.78. The molecule has 0 atom stereocenters. The Hall–Kier alpha value is -2.16. The van der Waals surface area contributed by atoms with Crippen LogP contribution in [0.4, 0.5) is 0 Å². The van der Waals surface area contributed by atoms with Gasteiger partial charge in [0.1, 0.15) is 5.75 Å². The lowest BCUT2D eigenvalue weighted by Crippen LogP contribution is -1.94. The van der Waals surface area contributed by atoms with E-state index >= 15 is 0 Å². The Balaban J connectivity index is 2.25. The highest BCUT2D eigenvalue weighted by atomic mass is 16.5. The van der Waals surface area contributed by atoms with Crippen LogP contribution in [-0.4, -0.2) is 17.1 Å². The first-order valence-electron chi connectivity index (χ1n) is 6.32. The monoisotopic (exact) mass is 254 g/mol. The van der Waals surface area contributed by atoms with Crippen LogP contribution in [0.3, 0.4) is 0 Å². The first kappa shape index (κ1) is 13.3. The number of ether oxygens (including phenoxy) is 1. The molecule has 1 aromatic carbocycles. The highest BCUT2D eigenvalue weighted by Gasteiger charge is 2.06. The Bertz CT molecular complexity index is 562. The van der Waals surface area contributed by atoms with Crippen LogP contribution in [0.1, 0.15) is 36.6 Å². The number of rotatable bonds is 4. The zero-order valence-electron chi connectivity index (χ0n) is 11.5. The van der Waals surface area contributed by atoms with E-state index in [9.17, 15) is 0 Å². The summed E-state index contributed by atoms with van der Waals surface area (Å²) >= 11 is 0. The van der Waals surface area contributed by atoms with Crippen molar-refractivity contribution in [1.29, 1.82) is 0 Å². The Morgan fingerprint density at radius 1 is 1.16 bits per heavy atom. The van der Waals surface area contributed by atoms with Crippen LogP contribution in [0.25, 0.3) is 12.2 Å². The molecule has 3 heteroatoms. The van der Waals surface area contributed by atoms with Crippen LogP contribution in [0.5, 0.6) is 5.75 Å². The molecule has 19 heavy (non-hydrogen) atoms. The molecule has 3 nitrogen and oxygen atoms in total. The lowest BCUT2D eigenvalue weighted by atomic mass is 10.00. The van der Waals surface area contributed by atoms with E-state index in [0.29, 0.717) is 5.92 Å². The lowest BCUT2D eigenvalue weighted by Gasteiger charge is -2.12. The molecule has 0 fully saturated rings. The largest absolute Gasteiger partial charge is 0.496 e. The van der Waals surface area contributed by atoms with Gasteiger partial charge < -0.3 is 4.74 Å². The Kier molecular flexibility index (Phi) is 4.29. The molecule has 2 aromatic rings. The van der Waals surface area contributed by atoms with Crippen molar-refractivity contribution in [2.45, 2.75) is 19.8 Å². The third kappa shape index (κ3) is 3.41.